The first kappa shape index (κ1) is 24.3. The Kier molecular flexibility index (Phi) is 8.18. The van der Waals surface area contributed by atoms with Crippen LogP contribution in [0.3, 0.4) is 0 Å². The average molecular weight is 739 g/mol. The Hall–Kier alpha value is 0.01000. The highest BCUT2D eigenvalue weighted by Crippen LogP contribution is 2.36. The molecule has 0 amide bonds. The second-order valence-corrected chi connectivity index (χ2v) is 11.6. The molecule has 0 unspecified atom stereocenters. The van der Waals surface area contributed by atoms with Crippen molar-refractivity contribution in [1.82, 2.24) is 0 Å². The second-order valence-electron chi connectivity index (χ2n) is 6.83. The van der Waals surface area contributed by atoms with Crippen molar-refractivity contribution >= 4 is 83.9 Å². The number of rotatable bonds is 5. The molecule has 0 N–H and O–H groups in total. The standard InChI is InChI=1S/C19H19I3O5S/c1-9(2)13-7-12(8-14(10(3)4)18(13)28(24,25)26)27-19(23)15-5-11(20)6-16(21)17(15)22/h5-10H,1-4H3,(H,24,25,26)/p-1. The van der Waals surface area contributed by atoms with Gasteiger partial charge in [-0.15, -0.1) is 0 Å². The summed E-state index contributed by atoms with van der Waals surface area (Å²) < 4.78 is 43.9. The topological polar surface area (TPSA) is 83.5 Å². The molecule has 0 atom stereocenters. The third-order valence-electron chi connectivity index (χ3n) is 4.04. The molecular weight excluding hydrogens is 721 g/mol. The molecule has 0 fully saturated rings. The van der Waals surface area contributed by atoms with Crippen LogP contribution in [-0.2, 0) is 10.1 Å². The number of halogens is 3. The van der Waals surface area contributed by atoms with Crippen molar-refractivity contribution in [2.24, 2.45) is 0 Å². The number of carbonyl (C=O) groups excluding carboxylic acids is 1. The fourth-order valence-corrected chi connectivity index (χ4v) is 6.26. The molecule has 0 aliphatic heterocycles. The van der Waals surface area contributed by atoms with Gasteiger partial charge < -0.3 is 9.29 Å². The van der Waals surface area contributed by atoms with Crippen molar-refractivity contribution in [3.63, 3.8) is 0 Å². The van der Waals surface area contributed by atoms with Crippen LogP contribution >= 0.6 is 67.8 Å². The first-order valence-corrected chi connectivity index (χ1v) is 13.0. The molecule has 0 radical (unpaired) electrons. The summed E-state index contributed by atoms with van der Waals surface area (Å²) in [4.78, 5) is 12.6. The van der Waals surface area contributed by atoms with Crippen LogP contribution in [-0.4, -0.2) is 18.9 Å². The first-order valence-electron chi connectivity index (χ1n) is 8.33. The fourth-order valence-electron chi connectivity index (χ4n) is 2.72. The molecule has 2 rings (SSSR count). The quantitative estimate of drug-likeness (QED) is 0.126. The zero-order valence-electron chi connectivity index (χ0n) is 15.5. The molecule has 152 valence electrons. The van der Waals surface area contributed by atoms with Crippen molar-refractivity contribution in [2.45, 2.75) is 44.4 Å². The van der Waals surface area contributed by atoms with Gasteiger partial charge in [0.1, 0.15) is 15.9 Å². The van der Waals surface area contributed by atoms with Crippen molar-refractivity contribution in [3.8, 4) is 5.75 Å². The summed E-state index contributed by atoms with van der Waals surface area (Å²) in [6, 6.07) is 6.66. The van der Waals surface area contributed by atoms with Crippen LogP contribution in [0.4, 0.5) is 0 Å². The summed E-state index contributed by atoms with van der Waals surface area (Å²) in [6.07, 6.45) is 0. The lowest BCUT2D eigenvalue weighted by Crippen LogP contribution is -2.14. The molecule has 2 aromatic carbocycles. The minimum atomic E-state index is -4.66. The van der Waals surface area contributed by atoms with Gasteiger partial charge >= 0.3 is 5.97 Å². The van der Waals surface area contributed by atoms with E-state index in [1.165, 1.54) is 12.1 Å². The summed E-state index contributed by atoms with van der Waals surface area (Å²) in [5.41, 5.74) is 1.15. The number of benzene rings is 2. The lowest BCUT2D eigenvalue weighted by atomic mass is 9.95. The molecule has 0 saturated heterocycles. The van der Waals surface area contributed by atoms with Gasteiger partial charge in [0, 0.05) is 10.7 Å². The second kappa shape index (κ2) is 9.43. The van der Waals surface area contributed by atoms with Gasteiger partial charge in [-0.25, -0.2) is 13.2 Å². The Morgan fingerprint density at radius 1 is 0.964 bits per heavy atom. The van der Waals surface area contributed by atoms with Gasteiger partial charge in [0.2, 0.25) is 0 Å². The van der Waals surface area contributed by atoms with E-state index in [1.54, 1.807) is 33.8 Å². The number of hydrogen-bond donors (Lipinski definition) is 0. The highest BCUT2D eigenvalue weighted by Gasteiger charge is 2.23. The van der Waals surface area contributed by atoms with E-state index in [0.717, 1.165) is 10.7 Å². The van der Waals surface area contributed by atoms with E-state index < -0.39 is 16.1 Å². The monoisotopic (exact) mass is 739 g/mol. The van der Waals surface area contributed by atoms with Gasteiger partial charge in [0.05, 0.1) is 10.5 Å². The lowest BCUT2D eigenvalue weighted by molar-refractivity contribution is 0.0733. The summed E-state index contributed by atoms with van der Waals surface area (Å²) in [6.45, 7) is 7.18. The van der Waals surface area contributed by atoms with E-state index in [2.05, 4.69) is 67.8 Å². The maximum atomic E-state index is 12.8. The maximum absolute atomic E-state index is 12.8. The molecule has 9 heteroatoms. The largest absolute Gasteiger partial charge is 0.744 e. The van der Waals surface area contributed by atoms with Crippen molar-refractivity contribution in [2.75, 3.05) is 0 Å². The van der Waals surface area contributed by atoms with E-state index in [4.69, 9.17) is 4.74 Å². The van der Waals surface area contributed by atoms with Crippen molar-refractivity contribution in [3.05, 3.63) is 51.7 Å². The summed E-state index contributed by atoms with van der Waals surface area (Å²) in [5, 5.41) is 0. The van der Waals surface area contributed by atoms with E-state index in [-0.39, 0.29) is 22.5 Å². The minimum absolute atomic E-state index is 0.212. The van der Waals surface area contributed by atoms with Gasteiger partial charge in [-0.1, -0.05) is 27.7 Å². The normalized spacial score (nSPS) is 11.9. The summed E-state index contributed by atoms with van der Waals surface area (Å²) in [7, 11) is -4.66. The van der Waals surface area contributed by atoms with Gasteiger partial charge in [-0.2, -0.15) is 0 Å². The molecule has 28 heavy (non-hydrogen) atoms. The summed E-state index contributed by atoms with van der Waals surface area (Å²) in [5.74, 6) is -0.750. The Morgan fingerprint density at radius 3 is 1.89 bits per heavy atom. The predicted molar refractivity (Wildman–Crippen MR) is 132 cm³/mol. The van der Waals surface area contributed by atoms with E-state index in [9.17, 15) is 17.8 Å². The molecule has 0 spiro atoms. The minimum Gasteiger partial charge on any atom is -0.744 e. The zero-order valence-corrected chi connectivity index (χ0v) is 22.8. The molecule has 0 heterocycles. The van der Waals surface area contributed by atoms with Gasteiger partial charge in [0.15, 0.2) is 0 Å². The highest BCUT2D eigenvalue weighted by atomic mass is 127. The van der Waals surface area contributed by atoms with Crippen molar-refractivity contribution < 1.29 is 22.5 Å². The molecule has 0 aliphatic carbocycles. The van der Waals surface area contributed by atoms with E-state index in [1.807, 2.05) is 6.07 Å². The Labute approximate surface area is 206 Å². The number of carbonyl (C=O) groups is 1. The molecule has 0 aromatic heterocycles. The van der Waals surface area contributed by atoms with Crippen LogP contribution < -0.4 is 4.74 Å². The van der Waals surface area contributed by atoms with Gasteiger partial charge in [-0.05, 0) is 115 Å². The van der Waals surface area contributed by atoms with E-state index in [0.29, 0.717) is 16.7 Å². The highest BCUT2D eigenvalue weighted by molar-refractivity contribution is 14.1. The fraction of sp³-hybridized carbons (Fsp3) is 0.316. The third kappa shape index (κ3) is 5.58. The molecule has 2 aromatic rings. The van der Waals surface area contributed by atoms with Crippen LogP contribution in [0.1, 0.15) is 61.0 Å². The van der Waals surface area contributed by atoms with Crippen LogP contribution in [0.2, 0.25) is 0 Å². The number of ether oxygens (including phenoxy) is 1. The molecular formula is C19H18I3O5S-. The molecule has 0 bridgehead atoms. The average Bonchev–Trinajstić information content (AvgIpc) is 2.56. The summed E-state index contributed by atoms with van der Waals surface area (Å²) >= 11 is 6.39. The third-order valence-corrected chi connectivity index (χ3v) is 8.68. The van der Waals surface area contributed by atoms with Crippen LogP contribution in [0.15, 0.2) is 29.2 Å². The number of hydrogen-bond acceptors (Lipinski definition) is 5. The van der Waals surface area contributed by atoms with Crippen LogP contribution in [0.25, 0.3) is 0 Å². The molecule has 0 aliphatic rings. The molecule has 0 saturated carbocycles. The van der Waals surface area contributed by atoms with Crippen molar-refractivity contribution in [1.29, 1.82) is 0 Å². The Morgan fingerprint density at radius 2 is 1.46 bits per heavy atom. The van der Waals surface area contributed by atoms with Gasteiger partial charge in [-0.3, -0.25) is 0 Å². The first-order chi connectivity index (χ1) is 12.8. The zero-order chi connectivity index (χ0) is 21.4. The van der Waals surface area contributed by atoms with Gasteiger partial charge in [0.25, 0.3) is 0 Å². The van der Waals surface area contributed by atoms with Crippen LogP contribution in [0, 0.1) is 10.7 Å². The maximum Gasteiger partial charge on any atom is 0.344 e. The smallest absolute Gasteiger partial charge is 0.344 e. The Balaban J connectivity index is 2.60. The number of esters is 1. The van der Waals surface area contributed by atoms with E-state index >= 15 is 0 Å². The SMILES string of the molecule is CC(C)c1cc(OC(=O)c2cc(I)cc(I)c2I)cc(C(C)C)c1S(=O)(=O)[O-]. The Bertz CT molecular complexity index is 1000. The lowest BCUT2D eigenvalue weighted by Gasteiger charge is -2.23. The molecule has 5 nitrogen and oxygen atoms in total. The van der Waals surface area contributed by atoms with Crippen LogP contribution in [0.5, 0.6) is 5.75 Å². The predicted octanol–water partition coefficient (Wildman–Crippen LogP) is 5.87.